The fraction of sp³-hybridized carbons (Fsp3) is 0.412. The lowest BCUT2D eigenvalue weighted by molar-refractivity contribution is 0.578. The lowest BCUT2D eigenvalue weighted by Crippen LogP contribution is -2.29. The summed E-state index contributed by atoms with van der Waals surface area (Å²) in [6.07, 6.45) is 3.99. The molecule has 1 aromatic carbocycles. The van der Waals surface area contributed by atoms with Crippen LogP contribution in [0.3, 0.4) is 0 Å². The maximum Gasteiger partial charge on any atom is 0.119 e. The molecule has 0 amide bonds. The average molecular weight is 299 g/mol. The summed E-state index contributed by atoms with van der Waals surface area (Å²) in [5, 5.41) is 9.58. The van der Waals surface area contributed by atoms with E-state index in [0.717, 1.165) is 22.0 Å². The molecule has 4 heteroatoms. The van der Waals surface area contributed by atoms with E-state index < -0.39 is 0 Å². The van der Waals surface area contributed by atoms with Crippen molar-refractivity contribution in [3.05, 3.63) is 36.4 Å². The van der Waals surface area contributed by atoms with E-state index in [1.54, 1.807) is 11.8 Å². The summed E-state index contributed by atoms with van der Waals surface area (Å²) in [7, 11) is 0. The molecule has 110 valence electrons. The van der Waals surface area contributed by atoms with Gasteiger partial charge in [0.25, 0.3) is 0 Å². The summed E-state index contributed by atoms with van der Waals surface area (Å²) in [5.41, 5.74) is 3.40. The van der Waals surface area contributed by atoms with Crippen LogP contribution in [0.2, 0.25) is 0 Å². The molecule has 3 nitrogen and oxygen atoms in total. The van der Waals surface area contributed by atoms with Crippen molar-refractivity contribution < 1.29 is 0 Å². The van der Waals surface area contributed by atoms with Crippen molar-refractivity contribution in [2.45, 2.75) is 31.2 Å². The SMILES string of the molecule is CCSc1ccc(-c2ccc(N3CCCCC3)cc2)nn1. The van der Waals surface area contributed by atoms with Gasteiger partial charge in [0.15, 0.2) is 0 Å². The minimum atomic E-state index is 0.945. The largest absolute Gasteiger partial charge is 0.372 e. The summed E-state index contributed by atoms with van der Waals surface area (Å²) >= 11 is 1.72. The maximum absolute atomic E-state index is 4.33. The van der Waals surface area contributed by atoms with Gasteiger partial charge in [0, 0.05) is 24.3 Å². The van der Waals surface area contributed by atoms with Crippen LogP contribution < -0.4 is 4.90 Å². The number of hydrogen-bond acceptors (Lipinski definition) is 4. The van der Waals surface area contributed by atoms with Gasteiger partial charge in [-0.25, -0.2) is 0 Å². The van der Waals surface area contributed by atoms with Crippen LogP contribution in [-0.2, 0) is 0 Å². The molecule has 1 aliphatic rings. The van der Waals surface area contributed by atoms with E-state index in [-0.39, 0.29) is 0 Å². The Labute approximate surface area is 130 Å². The van der Waals surface area contributed by atoms with Crippen molar-refractivity contribution in [2.75, 3.05) is 23.7 Å². The first-order chi connectivity index (χ1) is 10.4. The molecule has 0 spiro atoms. The first-order valence-electron chi connectivity index (χ1n) is 7.69. The van der Waals surface area contributed by atoms with Gasteiger partial charge in [0.05, 0.1) is 5.69 Å². The second-order valence-electron chi connectivity index (χ2n) is 5.28. The maximum atomic E-state index is 4.33. The Morgan fingerprint density at radius 3 is 2.33 bits per heavy atom. The lowest BCUT2D eigenvalue weighted by atomic mass is 10.1. The molecule has 2 aromatic rings. The van der Waals surface area contributed by atoms with E-state index in [0.29, 0.717) is 0 Å². The van der Waals surface area contributed by atoms with Crippen molar-refractivity contribution in [3.8, 4) is 11.3 Å². The number of benzene rings is 1. The summed E-state index contributed by atoms with van der Waals surface area (Å²) in [6.45, 7) is 4.49. The molecule has 0 unspecified atom stereocenters. The van der Waals surface area contributed by atoms with Crippen molar-refractivity contribution in [3.63, 3.8) is 0 Å². The Bertz CT molecular complexity index is 560. The highest BCUT2D eigenvalue weighted by Gasteiger charge is 2.11. The topological polar surface area (TPSA) is 29.0 Å². The van der Waals surface area contributed by atoms with Crippen LogP contribution in [0.1, 0.15) is 26.2 Å². The third kappa shape index (κ3) is 3.56. The molecular formula is C17H21N3S. The summed E-state index contributed by atoms with van der Waals surface area (Å²) in [5.74, 6) is 1.03. The quantitative estimate of drug-likeness (QED) is 0.789. The molecule has 0 radical (unpaired) electrons. The second kappa shape index (κ2) is 6.94. The van der Waals surface area contributed by atoms with E-state index >= 15 is 0 Å². The first-order valence-corrected chi connectivity index (χ1v) is 8.67. The molecule has 3 rings (SSSR count). The van der Waals surface area contributed by atoms with Crippen LogP contribution in [0.15, 0.2) is 41.4 Å². The Hall–Kier alpha value is -1.55. The zero-order chi connectivity index (χ0) is 14.5. The Morgan fingerprint density at radius 1 is 0.952 bits per heavy atom. The van der Waals surface area contributed by atoms with Crippen LogP contribution in [-0.4, -0.2) is 29.0 Å². The molecule has 1 fully saturated rings. The fourth-order valence-corrected chi connectivity index (χ4v) is 3.25. The van der Waals surface area contributed by atoms with Gasteiger partial charge < -0.3 is 4.90 Å². The zero-order valence-electron chi connectivity index (χ0n) is 12.5. The molecule has 0 aliphatic carbocycles. The predicted octanol–water partition coefficient (Wildman–Crippen LogP) is 4.25. The highest BCUT2D eigenvalue weighted by Crippen LogP contribution is 2.24. The molecule has 0 atom stereocenters. The first kappa shape index (κ1) is 14.4. The highest BCUT2D eigenvalue weighted by atomic mass is 32.2. The molecule has 0 N–H and O–H groups in total. The lowest BCUT2D eigenvalue weighted by Gasteiger charge is -2.28. The van der Waals surface area contributed by atoms with Crippen LogP contribution >= 0.6 is 11.8 Å². The van der Waals surface area contributed by atoms with Crippen molar-refractivity contribution >= 4 is 17.4 Å². The van der Waals surface area contributed by atoms with Crippen LogP contribution in [0, 0.1) is 0 Å². The third-order valence-corrected chi connectivity index (χ3v) is 4.62. The van der Waals surface area contributed by atoms with Crippen LogP contribution in [0.25, 0.3) is 11.3 Å². The summed E-state index contributed by atoms with van der Waals surface area (Å²) in [4.78, 5) is 2.47. The van der Waals surface area contributed by atoms with Crippen LogP contribution in [0.5, 0.6) is 0 Å². The summed E-state index contributed by atoms with van der Waals surface area (Å²) < 4.78 is 0. The molecular weight excluding hydrogens is 278 g/mol. The van der Waals surface area contributed by atoms with Crippen molar-refractivity contribution in [1.29, 1.82) is 0 Å². The fourth-order valence-electron chi connectivity index (χ4n) is 2.69. The summed E-state index contributed by atoms with van der Waals surface area (Å²) in [6, 6.07) is 12.8. The van der Waals surface area contributed by atoms with Gasteiger partial charge in [0.2, 0.25) is 0 Å². The third-order valence-electron chi connectivity index (χ3n) is 3.82. The number of nitrogens with zero attached hydrogens (tertiary/aromatic N) is 3. The molecule has 1 aliphatic heterocycles. The van der Waals surface area contributed by atoms with Gasteiger partial charge in [-0.15, -0.1) is 22.0 Å². The molecule has 1 saturated heterocycles. The molecule has 21 heavy (non-hydrogen) atoms. The number of aromatic nitrogens is 2. The molecule has 0 saturated carbocycles. The number of piperidine rings is 1. The van der Waals surface area contributed by atoms with E-state index in [9.17, 15) is 0 Å². The van der Waals surface area contributed by atoms with Crippen molar-refractivity contribution in [1.82, 2.24) is 10.2 Å². The van der Waals surface area contributed by atoms with Gasteiger partial charge in [-0.3, -0.25) is 0 Å². The molecule has 2 heterocycles. The predicted molar refractivity (Wildman–Crippen MR) is 89.9 cm³/mol. The Kier molecular flexibility index (Phi) is 4.76. The van der Waals surface area contributed by atoms with Gasteiger partial charge in [0.1, 0.15) is 5.03 Å². The number of hydrogen-bond donors (Lipinski definition) is 0. The van der Waals surface area contributed by atoms with E-state index in [4.69, 9.17) is 0 Å². The van der Waals surface area contributed by atoms with Gasteiger partial charge >= 0.3 is 0 Å². The number of rotatable bonds is 4. The average Bonchev–Trinajstić information content (AvgIpc) is 2.57. The van der Waals surface area contributed by atoms with E-state index in [2.05, 4.69) is 58.4 Å². The van der Waals surface area contributed by atoms with Gasteiger partial charge in [-0.2, -0.15) is 0 Å². The zero-order valence-corrected chi connectivity index (χ0v) is 13.3. The normalized spacial score (nSPS) is 15.2. The number of anilines is 1. The van der Waals surface area contributed by atoms with Gasteiger partial charge in [-0.05, 0) is 49.3 Å². The van der Waals surface area contributed by atoms with Crippen LogP contribution in [0.4, 0.5) is 5.69 Å². The molecule has 0 bridgehead atoms. The molecule has 1 aromatic heterocycles. The Balaban J connectivity index is 1.73. The van der Waals surface area contributed by atoms with E-state index in [1.165, 1.54) is 38.0 Å². The monoisotopic (exact) mass is 299 g/mol. The smallest absolute Gasteiger partial charge is 0.119 e. The van der Waals surface area contributed by atoms with E-state index in [1.807, 2.05) is 0 Å². The minimum Gasteiger partial charge on any atom is -0.372 e. The standard InChI is InChI=1S/C17H21N3S/c1-2-21-17-11-10-16(18-19-17)14-6-8-15(9-7-14)20-12-4-3-5-13-20/h6-11H,2-5,12-13H2,1H3. The van der Waals surface area contributed by atoms with Gasteiger partial charge in [-0.1, -0.05) is 19.1 Å². The Morgan fingerprint density at radius 2 is 1.71 bits per heavy atom. The number of thioether (sulfide) groups is 1. The highest BCUT2D eigenvalue weighted by molar-refractivity contribution is 7.99. The van der Waals surface area contributed by atoms with Crippen molar-refractivity contribution in [2.24, 2.45) is 0 Å². The minimum absolute atomic E-state index is 0.945. The second-order valence-corrected chi connectivity index (χ2v) is 6.57.